The fourth-order valence-corrected chi connectivity index (χ4v) is 1.15. The minimum Gasteiger partial charge on any atom is -0.477 e. The van der Waals surface area contributed by atoms with Crippen LogP contribution in [-0.4, -0.2) is 11.6 Å². The molecule has 1 aromatic heterocycles. The summed E-state index contributed by atoms with van der Waals surface area (Å²) in [6.45, 7) is 2.00. The Kier molecular flexibility index (Phi) is 3.27. The largest absolute Gasteiger partial charge is 0.477 e. The molecule has 0 aliphatic rings. The number of rotatable bonds is 2. The van der Waals surface area contributed by atoms with E-state index in [1.54, 1.807) is 25.1 Å². The van der Waals surface area contributed by atoms with Gasteiger partial charge in [-0.3, -0.25) is 0 Å². The summed E-state index contributed by atoms with van der Waals surface area (Å²) >= 11 is 0. The SMILES string of the molecule is CCOc1nc(N)c(C#N)c(C#N)c1C#N. The molecule has 0 aliphatic carbocycles. The first-order valence-electron chi connectivity index (χ1n) is 4.36. The minimum atomic E-state index is -0.110. The summed E-state index contributed by atoms with van der Waals surface area (Å²) in [4.78, 5) is 3.77. The van der Waals surface area contributed by atoms with E-state index in [4.69, 9.17) is 26.3 Å². The fraction of sp³-hybridized carbons (Fsp3) is 0.200. The van der Waals surface area contributed by atoms with E-state index in [2.05, 4.69) is 4.98 Å². The van der Waals surface area contributed by atoms with E-state index in [1.807, 2.05) is 0 Å². The lowest BCUT2D eigenvalue weighted by molar-refractivity contribution is 0.326. The van der Waals surface area contributed by atoms with Gasteiger partial charge in [-0.2, -0.15) is 20.8 Å². The van der Waals surface area contributed by atoms with Crippen LogP contribution in [0.1, 0.15) is 23.6 Å². The zero-order valence-electron chi connectivity index (χ0n) is 8.48. The van der Waals surface area contributed by atoms with Gasteiger partial charge in [0.15, 0.2) is 0 Å². The highest BCUT2D eigenvalue weighted by Crippen LogP contribution is 2.25. The van der Waals surface area contributed by atoms with Gasteiger partial charge in [0, 0.05) is 0 Å². The molecular weight excluding hydrogens is 206 g/mol. The third-order valence-electron chi connectivity index (χ3n) is 1.81. The van der Waals surface area contributed by atoms with Gasteiger partial charge >= 0.3 is 0 Å². The Labute approximate surface area is 92.1 Å². The molecule has 0 aliphatic heterocycles. The number of hydrogen-bond donors (Lipinski definition) is 1. The molecule has 6 nitrogen and oxygen atoms in total. The van der Waals surface area contributed by atoms with Gasteiger partial charge in [0.1, 0.15) is 35.2 Å². The molecule has 16 heavy (non-hydrogen) atoms. The van der Waals surface area contributed by atoms with Gasteiger partial charge in [-0.15, -0.1) is 0 Å². The van der Waals surface area contributed by atoms with Gasteiger partial charge in [-0.1, -0.05) is 0 Å². The van der Waals surface area contributed by atoms with Crippen molar-refractivity contribution >= 4 is 5.82 Å². The molecule has 0 radical (unpaired) electrons. The maximum absolute atomic E-state index is 8.90. The normalized spacial score (nSPS) is 8.62. The molecule has 0 spiro atoms. The Hall–Kier alpha value is -2.78. The number of nitriles is 3. The number of nitrogen functional groups attached to an aromatic ring is 1. The zero-order valence-corrected chi connectivity index (χ0v) is 8.48. The predicted molar refractivity (Wildman–Crippen MR) is 54.0 cm³/mol. The molecule has 1 rings (SSSR count). The Morgan fingerprint density at radius 2 is 1.69 bits per heavy atom. The van der Waals surface area contributed by atoms with Gasteiger partial charge in [0.05, 0.1) is 12.2 Å². The molecule has 0 aromatic carbocycles. The zero-order chi connectivity index (χ0) is 12.1. The van der Waals surface area contributed by atoms with Gasteiger partial charge in [0.25, 0.3) is 0 Å². The Morgan fingerprint density at radius 3 is 2.12 bits per heavy atom. The molecule has 0 atom stereocenters. The summed E-state index contributed by atoms with van der Waals surface area (Å²) in [5.74, 6) is -0.125. The number of hydrogen-bond acceptors (Lipinski definition) is 6. The standard InChI is InChI=1S/C10H7N5O/c1-2-16-10-8(5-13)6(3-11)7(4-12)9(14)15-10/h2H2,1H3,(H2,14,15). The summed E-state index contributed by atoms with van der Waals surface area (Å²) in [6.07, 6.45) is 0. The van der Waals surface area contributed by atoms with Gasteiger partial charge < -0.3 is 10.5 Å². The second-order valence-corrected chi connectivity index (χ2v) is 2.70. The van der Waals surface area contributed by atoms with Crippen LogP contribution in [-0.2, 0) is 0 Å². The van der Waals surface area contributed by atoms with Crippen LogP contribution in [0.5, 0.6) is 5.88 Å². The molecule has 6 heteroatoms. The molecular formula is C10H7N5O. The molecule has 2 N–H and O–H groups in total. The second kappa shape index (κ2) is 4.63. The van der Waals surface area contributed by atoms with Crippen molar-refractivity contribution in [2.24, 2.45) is 0 Å². The molecule has 1 aromatic rings. The minimum absolute atomic E-state index is 0.0157. The van der Waals surface area contributed by atoms with Crippen molar-refractivity contribution < 1.29 is 4.74 Å². The summed E-state index contributed by atoms with van der Waals surface area (Å²) in [5, 5.41) is 26.6. The summed E-state index contributed by atoms with van der Waals surface area (Å²) in [7, 11) is 0. The van der Waals surface area contributed by atoms with Gasteiger partial charge in [0.2, 0.25) is 5.88 Å². The molecule has 0 fully saturated rings. The highest BCUT2D eigenvalue weighted by atomic mass is 16.5. The van der Waals surface area contributed by atoms with E-state index in [-0.39, 0.29) is 35.0 Å². The smallest absolute Gasteiger partial charge is 0.235 e. The fourth-order valence-electron chi connectivity index (χ4n) is 1.15. The monoisotopic (exact) mass is 213 g/mol. The average Bonchev–Trinajstić information content (AvgIpc) is 2.28. The Morgan fingerprint density at radius 1 is 1.12 bits per heavy atom. The van der Waals surface area contributed by atoms with Crippen molar-refractivity contribution in [1.29, 1.82) is 15.8 Å². The number of anilines is 1. The summed E-state index contributed by atoms with van der Waals surface area (Å²) < 4.78 is 5.08. The molecule has 1 heterocycles. The number of nitrogens with zero attached hydrogens (tertiary/aromatic N) is 4. The van der Waals surface area contributed by atoms with E-state index in [9.17, 15) is 0 Å². The maximum atomic E-state index is 8.90. The van der Waals surface area contributed by atoms with Crippen LogP contribution >= 0.6 is 0 Å². The molecule has 78 valence electrons. The maximum Gasteiger partial charge on any atom is 0.235 e. The van der Waals surface area contributed by atoms with Crippen LogP contribution in [0.25, 0.3) is 0 Å². The van der Waals surface area contributed by atoms with E-state index >= 15 is 0 Å². The lowest BCUT2D eigenvalue weighted by Crippen LogP contribution is -2.06. The van der Waals surface area contributed by atoms with Crippen molar-refractivity contribution in [3.63, 3.8) is 0 Å². The van der Waals surface area contributed by atoms with E-state index in [0.717, 1.165) is 0 Å². The number of aromatic nitrogens is 1. The first-order valence-corrected chi connectivity index (χ1v) is 4.36. The first-order chi connectivity index (χ1) is 7.69. The van der Waals surface area contributed by atoms with E-state index < -0.39 is 0 Å². The molecule has 0 bridgehead atoms. The molecule has 0 amide bonds. The van der Waals surface area contributed by atoms with Crippen LogP contribution in [0.4, 0.5) is 5.82 Å². The highest BCUT2D eigenvalue weighted by Gasteiger charge is 2.19. The number of pyridine rings is 1. The summed E-state index contributed by atoms with van der Waals surface area (Å²) in [6, 6.07) is 5.29. The van der Waals surface area contributed by atoms with Crippen LogP contribution in [0.15, 0.2) is 0 Å². The van der Waals surface area contributed by atoms with Crippen LogP contribution in [0.3, 0.4) is 0 Å². The Balaban J connectivity index is 3.62. The molecule has 0 unspecified atom stereocenters. The lowest BCUT2D eigenvalue weighted by Gasteiger charge is -2.07. The third-order valence-corrected chi connectivity index (χ3v) is 1.81. The van der Waals surface area contributed by atoms with Gasteiger partial charge in [-0.25, -0.2) is 0 Å². The lowest BCUT2D eigenvalue weighted by atomic mass is 10.1. The Bertz CT molecular complexity index is 544. The van der Waals surface area contributed by atoms with Crippen LogP contribution in [0, 0.1) is 34.0 Å². The van der Waals surface area contributed by atoms with Crippen molar-refractivity contribution in [2.45, 2.75) is 6.92 Å². The predicted octanol–water partition coefficient (Wildman–Crippen LogP) is 0.678. The third kappa shape index (κ3) is 1.70. The van der Waals surface area contributed by atoms with Crippen LogP contribution in [0.2, 0.25) is 0 Å². The second-order valence-electron chi connectivity index (χ2n) is 2.70. The average molecular weight is 213 g/mol. The van der Waals surface area contributed by atoms with E-state index in [0.29, 0.717) is 0 Å². The molecule has 0 saturated heterocycles. The van der Waals surface area contributed by atoms with E-state index in [1.165, 1.54) is 0 Å². The number of ether oxygens (including phenoxy) is 1. The van der Waals surface area contributed by atoms with Crippen molar-refractivity contribution in [1.82, 2.24) is 4.98 Å². The first kappa shape index (κ1) is 11.3. The topological polar surface area (TPSA) is 120 Å². The number of nitrogens with two attached hydrogens (primary N) is 1. The quantitative estimate of drug-likeness (QED) is 0.771. The van der Waals surface area contributed by atoms with Gasteiger partial charge in [-0.05, 0) is 6.92 Å². The summed E-state index contributed by atoms with van der Waals surface area (Å²) in [5.41, 5.74) is 5.24. The van der Waals surface area contributed by atoms with Crippen molar-refractivity contribution in [3.8, 4) is 24.1 Å². The highest BCUT2D eigenvalue weighted by molar-refractivity contribution is 5.66. The van der Waals surface area contributed by atoms with Crippen LogP contribution < -0.4 is 10.5 Å². The van der Waals surface area contributed by atoms with Crippen molar-refractivity contribution in [3.05, 3.63) is 16.7 Å². The van der Waals surface area contributed by atoms with Crippen molar-refractivity contribution in [2.75, 3.05) is 12.3 Å². The molecule has 0 saturated carbocycles.